The van der Waals surface area contributed by atoms with Crippen molar-refractivity contribution >= 4 is 22.8 Å². The number of rotatable bonds is 6. The fourth-order valence-electron chi connectivity index (χ4n) is 4.03. The zero-order valence-electron chi connectivity index (χ0n) is 18.7. The van der Waals surface area contributed by atoms with Crippen molar-refractivity contribution in [2.75, 3.05) is 0 Å². The van der Waals surface area contributed by atoms with Gasteiger partial charge < -0.3 is 4.98 Å². The molecule has 0 saturated heterocycles. The van der Waals surface area contributed by atoms with Crippen LogP contribution in [0.25, 0.3) is 27.8 Å². The molecule has 3 aromatic carbocycles. The second kappa shape index (κ2) is 9.12. The summed E-state index contributed by atoms with van der Waals surface area (Å²) in [5.41, 5.74) is 6.97. The Morgan fingerprint density at radius 2 is 1.67 bits per heavy atom. The third-order valence-corrected chi connectivity index (χ3v) is 6.97. The Hall–Kier alpha value is -3.57. The van der Waals surface area contributed by atoms with Crippen molar-refractivity contribution in [3.63, 3.8) is 0 Å². The molecule has 5 heteroatoms. The molecule has 0 spiro atoms. The first-order valence-corrected chi connectivity index (χ1v) is 12.1. The number of nitrogens with zero attached hydrogens (tertiary/aromatic N) is 2. The van der Waals surface area contributed by atoms with Gasteiger partial charge in [-0.25, -0.2) is 4.98 Å². The molecule has 164 valence electrons. The van der Waals surface area contributed by atoms with Gasteiger partial charge in [0.05, 0.1) is 11.1 Å². The number of aromatic nitrogens is 3. The highest BCUT2D eigenvalue weighted by Crippen LogP contribution is 2.30. The van der Waals surface area contributed by atoms with Crippen molar-refractivity contribution in [1.82, 2.24) is 14.5 Å². The van der Waals surface area contributed by atoms with E-state index in [1.54, 1.807) is 16.3 Å². The monoisotopic (exact) mass is 451 g/mol. The first-order chi connectivity index (χ1) is 16.2. The molecule has 4 nitrogen and oxygen atoms in total. The predicted molar refractivity (Wildman–Crippen MR) is 137 cm³/mol. The van der Waals surface area contributed by atoms with Gasteiger partial charge in [0.15, 0.2) is 5.16 Å². The van der Waals surface area contributed by atoms with Crippen LogP contribution in [0.1, 0.15) is 23.6 Å². The van der Waals surface area contributed by atoms with E-state index in [9.17, 15) is 4.79 Å². The maximum atomic E-state index is 13.9. The Labute approximate surface area is 197 Å². The van der Waals surface area contributed by atoms with Crippen LogP contribution in [-0.4, -0.2) is 14.5 Å². The molecule has 0 saturated carbocycles. The molecule has 0 aliphatic carbocycles. The lowest BCUT2D eigenvalue weighted by atomic mass is 10.1. The molecule has 33 heavy (non-hydrogen) atoms. The van der Waals surface area contributed by atoms with E-state index >= 15 is 0 Å². The van der Waals surface area contributed by atoms with E-state index < -0.39 is 0 Å². The quantitative estimate of drug-likeness (QED) is 0.235. The van der Waals surface area contributed by atoms with E-state index in [1.165, 1.54) is 16.7 Å². The maximum Gasteiger partial charge on any atom is 0.268 e. The summed E-state index contributed by atoms with van der Waals surface area (Å²) in [6, 6.07) is 26.5. The second-order valence-corrected chi connectivity index (χ2v) is 9.00. The molecule has 5 aromatic rings. The van der Waals surface area contributed by atoms with Crippen molar-refractivity contribution in [3.05, 3.63) is 112 Å². The Morgan fingerprint density at radius 3 is 2.39 bits per heavy atom. The average Bonchev–Trinajstić information content (AvgIpc) is 3.29. The summed E-state index contributed by atoms with van der Waals surface area (Å²) in [5, 5.41) is 1.29. The minimum atomic E-state index is -0.0587. The predicted octanol–water partition coefficient (Wildman–Crippen LogP) is 6.54. The first-order valence-electron chi connectivity index (χ1n) is 11.1. The molecule has 0 aliphatic rings. The number of hydrogen-bond donors (Lipinski definition) is 1. The second-order valence-electron chi connectivity index (χ2n) is 8.06. The number of thioether (sulfide) groups is 1. The molecular weight excluding hydrogens is 426 g/mol. The Morgan fingerprint density at radius 1 is 0.939 bits per heavy atom. The topological polar surface area (TPSA) is 50.7 Å². The normalized spacial score (nSPS) is 11.2. The number of aryl methyl sites for hydroxylation is 2. The van der Waals surface area contributed by atoms with Gasteiger partial charge in [-0.2, -0.15) is 0 Å². The molecule has 0 bridgehead atoms. The van der Waals surface area contributed by atoms with Gasteiger partial charge in [-0.3, -0.25) is 9.36 Å². The van der Waals surface area contributed by atoms with E-state index in [0.717, 1.165) is 29.0 Å². The standard InChI is InChI=1S/C28H25N3OS/c1-3-20-13-15-23(16-14-20)31-27(32)25-24(21-10-5-4-6-11-21)17-29-26(25)30-28(31)33-18-22-12-8-7-9-19(22)2/h4-17,29H,3,18H2,1-2H3. The van der Waals surface area contributed by atoms with E-state index in [0.29, 0.717) is 16.2 Å². The van der Waals surface area contributed by atoms with Crippen LogP contribution in [0.5, 0.6) is 0 Å². The number of fused-ring (bicyclic) bond motifs is 1. The SMILES string of the molecule is CCc1ccc(-n2c(SCc3ccccc3C)nc3[nH]cc(-c4ccccc4)c3c2=O)cc1. The molecule has 0 aliphatic heterocycles. The van der Waals surface area contributed by atoms with Crippen molar-refractivity contribution in [1.29, 1.82) is 0 Å². The van der Waals surface area contributed by atoms with Gasteiger partial charge in [0.25, 0.3) is 5.56 Å². The number of benzene rings is 3. The molecule has 2 aromatic heterocycles. The average molecular weight is 452 g/mol. The van der Waals surface area contributed by atoms with Crippen molar-refractivity contribution in [3.8, 4) is 16.8 Å². The zero-order valence-corrected chi connectivity index (χ0v) is 19.5. The molecule has 0 amide bonds. The minimum absolute atomic E-state index is 0.0587. The molecule has 1 N–H and O–H groups in total. The lowest BCUT2D eigenvalue weighted by Gasteiger charge is -2.14. The summed E-state index contributed by atoms with van der Waals surface area (Å²) in [5.74, 6) is 0.740. The van der Waals surface area contributed by atoms with E-state index in [4.69, 9.17) is 4.98 Å². The van der Waals surface area contributed by atoms with Crippen LogP contribution < -0.4 is 5.56 Å². The van der Waals surface area contributed by atoms with Crippen LogP contribution in [0, 0.1) is 6.92 Å². The molecule has 5 rings (SSSR count). The number of H-pyrrole nitrogens is 1. The van der Waals surface area contributed by atoms with Crippen LogP contribution in [0.2, 0.25) is 0 Å². The number of aromatic amines is 1. The van der Waals surface area contributed by atoms with Crippen LogP contribution in [-0.2, 0) is 12.2 Å². The first kappa shape index (κ1) is 21.3. The number of hydrogen-bond acceptors (Lipinski definition) is 3. The summed E-state index contributed by atoms with van der Waals surface area (Å²) in [6.45, 7) is 4.24. The summed E-state index contributed by atoms with van der Waals surface area (Å²) < 4.78 is 1.75. The molecular formula is C28H25N3OS. The molecule has 0 fully saturated rings. The summed E-state index contributed by atoms with van der Waals surface area (Å²) in [4.78, 5) is 22.1. The van der Waals surface area contributed by atoms with Crippen LogP contribution in [0.15, 0.2) is 95.0 Å². The van der Waals surface area contributed by atoms with E-state index in [1.807, 2.05) is 60.8 Å². The van der Waals surface area contributed by atoms with Gasteiger partial charge >= 0.3 is 0 Å². The van der Waals surface area contributed by atoms with Crippen molar-refractivity contribution in [2.24, 2.45) is 0 Å². The largest absolute Gasteiger partial charge is 0.345 e. The smallest absolute Gasteiger partial charge is 0.268 e. The van der Waals surface area contributed by atoms with Crippen LogP contribution in [0.3, 0.4) is 0 Å². The van der Waals surface area contributed by atoms with Gasteiger partial charge in [-0.05, 0) is 47.7 Å². The van der Waals surface area contributed by atoms with Crippen molar-refractivity contribution in [2.45, 2.75) is 31.2 Å². The highest BCUT2D eigenvalue weighted by atomic mass is 32.2. The maximum absolute atomic E-state index is 13.9. The van der Waals surface area contributed by atoms with Gasteiger partial charge in [0.2, 0.25) is 0 Å². The fraction of sp³-hybridized carbons (Fsp3) is 0.143. The highest BCUT2D eigenvalue weighted by Gasteiger charge is 2.18. The number of nitrogens with one attached hydrogen (secondary N) is 1. The van der Waals surface area contributed by atoms with Gasteiger partial charge in [-0.1, -0.05) is 85.4 Å². The van der Waals surface area contributed by atoms with E-state index in [2.05, 4.69) is 43.1 Å². The van der Waals surface area contributed by atoms with Gasteiger partial charge in [0.1, 0.15) is 5.65 Å². The zero-order chi connectivity index (χ0) is 22.8. The van der Waals surface area contributed by atoms with Crippen molar-refractivity contribution < 1.29 is 0 Å². The minimum Gasteiger partial charge on any atom is -0.345 e. The summed E-state index contributed by atoms with van der Waals surface area (Å²) >= 11 is 1.59. The lowest BCUT2D eigenvalue weighted by molar-refractivity contribution is 0.816. The molecule has 2 heterocycles. The molecule has 0 radical (unpaired) electrons. The van der Waals surface area contributed by atoms with Gasteiger partial charge in [-0.15, -0.1) is 0 Å². The van der Waals surface area contributed by atoms with Gasteiger partial charge in [0, 0.05) is 17.5 Å². The van der Waals surface area contributed by atoms with Crippen LogP contribution in [0.4, 0.5) is 0 Å². The molecule has 0 atom stereocenters. The highest BCUT2D eigenvalue weighted by molar-refractivity contribution is 7.98. The Bertz CT molecular complexity index is 1470. The summed E-state index contributed by atoms with van der Waals surface area (Å²) in [6.07, 6.45) is 2.84. The molecule has 0 unspecified atom stereocenters. The van der Waals surface area contributed by atoms with E-state index in [-0.39, 0.29) is 5.56 Å². The lowest BCUT2D eigenvalue weighted by Crippen LogP contribution is -2.21. The third kappa shape index (κ3) is 4.12. The third-order valence-electron chi connectivity index (χ3n) is 5.98. The Kier molecular flexibility index (Phi) is 5.88. The fourth-order valence-corrected chi connectivity index (χ4v) is 5.11. The summed E-state index contributed by atoms with van der Waals surface area (Å²) in [7, 11) is 0. The Balaban J connectivity index is 1.68. The van der Waals surface area contributed by atoms with Crippen LogP contribution >= 0.6 is 11.8 Å².